The molecule has 0 atom stereocenters. The second kappa shape index (κ2) is 9.27. The summed E-state index contributed by atoms with van der Waals surface area (Å²) >= 11 is 0. The zero-order valence-corrected chi connectivity index (χ0v) is 15.4. The maximum atomic E-state index is 11.8. The van der Waals surface area contributed by atoms with E-state index in [4.69, 9.17) is 23.5 Å². The summed E-state index contributed by atoms with van der Waals surface area (Å²) in [6.45, 7) is 1.24. The van der Waals surface area contributed by atoms with Gasteiger partial charge in [-0.25, -0.2) is 4.79 Å². The summed E-state index contributed by atoms with van der Waals surface area (Å²) < 4.78 is 25.4. The molecule has 1 aromatic heterocycles. The highest BCUT2D eigenvalue weighted by Gasteiger charge is 2.12. The molecule has 2 aromatic rings. The molecular formula is C18H20N2O7. The Morgan fingerprint density at radius 3 is 2.30 bits per heavy atom. The highest BCUT2D eigenvalue weighted by Crippen LogP contribution is 2.38. The van der Waals surface area contributed by atoms with Crippen molar-refractivity contribution in [3.05, 3.63) is 35.6 Å². The second-order valence-corrected chi connectivity index (χ2v) is 5.27. The third-order valence-electron chi connectivity index (χ3n) is 3.34. The highest BCUT2D eigenvalue weighted by atomic mass is 16.5. The largest absolute Gasteiger partial charge is 0.493 e. The van der Waals surface area contributed by atoms with Gasteiger partial charge in [0.25, 0.3) is 5.91 Å². The maximum Gasteiger partial charge on any atom is 0.331 e. The van der Waals surface area contributed by atoms with Gasteiger partial charge >= 0.3 is 5.97 Å². The van der Waals surface area contributed by atoms with Gasteiger partial charge in [0.05, 0.1) is 21.3 Å². The minimum atomic E-state index is -0.685. The lowest BCUT2D eigenvalue weighted by Crippen LogP contribution is -2.20. The lowest BCUT2D eigenvalue weighted by molar-refractivity contribution is -0.142. The van der Waals surface area contributed by atoms with Gasteiger partial charge < -0.3 is 28.8 Å². The van der Waals surface area contributed by atoms with Crippen LogP contribution in [0.1, 0.15) is 11.3 Å². The minimum absolute atomic E-state index is 0.251. The number of hydrogen-bond donors (Lipinski definition) is 1. The maximum absolute atomic E-state index is 11.8. The van der Waals surface area contributed by atoms with Crippen LogP contribution in [0.2, 0.25) is 0 Å². The third-order valence-corrected chi connectivity index (χ3v) is 3.34. The Bertz CT molecular complexity index is 817. The van der Waals surface area contributed by atoms with E-state index in [0.717, 1.165) is 0 Å². The zero-order chi connectivity index (χ0) is 19.8. The lowest BCUT2D eigenvalue weighted by Gasteiger charge is -2.12. The Morgan fingerprint density at radius 2 is 1.78 bits per heavy atom. The van der Waals surface area contributed by atoms with Gasteiger partial charge in [0.15, 0.2) is 23.9 Å². The fraction of sp³-hybridized carbons (Fsp3) is 0.278. The molecule has 0 aliphatic carbocycles. The molecule has 1 heterocycles. The number of methoxy groups -OCH3 is 3. The summed E-state index contributed by atoms with van der Waals surface area (Å²) in [6, 6.07) is 4.89. The quantitative estimate of drug-likeness (QED) is 0.552. The van der Waals surface area contributed by atoms with E-state index in [2.05, 4.69) is 10.5 Å². The van der Waals surface area contributed by atoms with Crippen molar-refractivity contribution >= 4 is 23.8 Å². The van der Waals surface area contributed by atoms with E-state index in [0.29, 0.717) is 28.6 Å². The molecule has 0 aliphatic rings. The lowest BCUT2D eigenvalue weighted by atomic mass is 10.1. The predicted molar refractivity (Wildman–Crippen MR) is 96.0 cm³/mol. The van der Waals surface area contributed by atoms with Crippen LogP contribution in [0.4, 0.5) is 5.82 Å². The van der Waals surface area contributed by atoms with E-state index in [1.165, 1.54) is 33.5 Å². The Hall–Kier alpha value is -3.49. The van der Waals surface area contributed by atoms with Crippen molar-refractivity contribution in [1.29, 1.82) is 0 Å². The van der Waals surface area contributed by atoms with Gasteiger partial charge in [-0.05, 0) is 30.7 Å². The monoisotopic (exact) mass is 376 g/mol. The number of carbonyl (C=O) groups excluding carboxylic acids is 2. The number of carbonyl (C=O) groups is 2. The van der Waals surface area contributed by atoms with Gasteiger partial charge in [-0.3, -0.25) is 4.79 Å². The Balaban J connectivity index is 1.94. The molecule has 0 aliphatic heterocycles. The molecule has 0 bridgehead atoms. The molecule has 0 spiro atoms. The van der Waals surface area contributed by atoms with E-state index in [1.807, 2.05) is 0 Å². The molecule has 0 saturated carbocycles. The Labute approximate surface area is 155 Å². The molecule has 144 valence electrons. The number of nitrogens with zero attached hydrogens (tertiary/aromatic N) is 1. The first-order chi connectivity index (χ1) is 13.0. The number of aryl methyl sites for hydroxylation is 1. The molecule has 0 saturated heterocycles. The number of nitrogens with one attached hydrogen (secondary N) is 1. The molecular weight excluding hydrogens is 356 g/mol. The Morgan fingerprint density at radius 1 is 1.11 bits per heavy atom. The van der Waals surface area contributed by atoms with Crippen LogP contribution in [-0.4, -0.2) is 45.0 Å². The van der Waals surface area contributed by atoms with E-state index in [-0.39, 0.29) is 5.82 Å². The van der Waals surface area contributed by atoms with E-state index >= 15 is 0 Å². The van der Waals surface area contributed by atoms with Crippen LogP contribution in [0.15, 0.2) is 28.8 Å². The molecule has 0 unspecified atom stereocenters. The number of ether oxygens (including phenoxy) is 4. The summed E-state index contributed by atoms with van der Waals surface area (Å²) in [7, 11) is 4.49. The number of anilines is 1. The summed E-state index contributed by atoms with van der Waals surface area (Å²) in [6.07, 6.45) is 2.69. The van der Waals surface area contributed by atoms with Gasteiger partial charge in [0.2, 0.25) is 5.75 Å². The molecule has 0 radical (unpaired) electrons. The first-order valence-corrected chi connectivity index (χ1v) is 7.84. The standard InChI is InChI=1S/C18H20N2O7/c1-11-7-15(20-27-11)19-16(21)10-26-17(22)6-5-12-8-13(23-2)18(25-4)14(9-12)24-3/h5-9H,10H2,1-4H3,(H,19,20,21). The van der Waals surface area contributed by atoms with Crippen LogP contribution < -0.4 is 19.5 Å². The van der Waals surface area contributed by atoms with Gasteiger partial charge in [-0.1, -0.05) is 5.16 Å². The average Bonchev–Trinajstić information content (AvgIpc) is 3.08. The number of rotatable bonds is 8. The second-order valence-electron chi connectivity index (χ2n) is 5.27. The number of benzene rings is 1. The molecule has 1 amide bonds. The summed E-state index contributed by atoms with van der Waals surface area (Å²) in [5.41, 5.74) is 0.629. The summed E-state index contributed by atoms with van der Waals surface area (Å²) in [5.74, 6) is 0.934. The van der Waals surface area contributed by atoms with Crippen LogP contribution >= 0.6 is 0 Å². The normalized spacial score (nSPS) is 10.5. The molecule has 0 fully saturated rings. The molecule has 9 heteroatoms. The first kappa shape index (κ1) is 19.8. The third kappa shape index (κ3) is 5.50. The van der Waals surface area contributed by atoms with Crippen molar-refractivity contribution in [2.45, 2.75) is 6.92 Å². The van der Waals surface area contributed by atoms with Gasteiger partial charge in [0, 0.05) is 12.1 Å². The molecule has 9 nitrogen and oxygen atoms in total. The van der Waals surface area contributed by atoms with Crippen molar-refractivity contribution in [3.8, 4) is 17.2 Å². The SMILES string of the molecule is COc1cc(C=CC(=O)OCC(=O)Nc2cc(C)on2)cc(OC)c1OC. The van der Waals surface area contributed by atoms with Crippen LogP contribution in [0.25, 0.3) is 6.08 Å². The smallest absolute Gasteiger partial charge is 0.331 e. The minimum Gasteiger partial charge on any atom is -0.493 e. The Kier molecular flexibility index (Phi) is 6.81. The van der Waals surface area contributed by atoms with Crippen LogP contribution in [0, 0.1) is 6.92 Å². The summed E-state index contributed by atoms with van der Waals surface area (Å²) in [4.78, 5) is 23.5. The zero-order valence-electron chi connectivity index (χ0n) is 15.4. The van der Waals surface area contributed by atoms with Crippen LogP contribution in [0.3, 0.4) is 0 Å². The molecule has 1 aromatic carbocycles. The molecule has 1 N–H and O–H groups in total. The number of esters is 1. The van der Waals surface area contributed by atoms with Crippen molar-refractivity contribution in [3.63, 3.8) is 0 Å². The number of hydrogen-bond acceptors (Lipinski definition) is 8. The van der Waals surface area contributed by atoms with Gasteiger partial charge in [0.1, 0.15) is 5.76 Å². The number of amides is 1. The molecule has 2 rings (SSSR count). The average molecular weight is 376 g/mol. The van der Waals surface area contributed by atoms with Crippen LogP contribution in [0.5, 0.6) is 17.2 Å². The summed E-state index contributed by atoms with van der Waals surface area (Å²) in [5, 5.41) is 6.05. The topological polar surface area (TPSA) is 109 Å². The van der Waals surface area contributed by atoms with Crippen molar-refractivity contribution < 1.29 is 33.1 Å². The van der Waals surface area contributed by atoms with Crippen molar-refractivity contribution in [1.82, 2.24) is 5.16 Å². The van der Waals surface area contributed by atoms with E-state index in [1.54, 1.807) is 25.1 Å². The number of aromatic nitrogens is 1. The van der Waals surface area contributed by atoms with E-state index in [9.17, 15) is 9.59 Å². The van der Waals surface area contributed by atoms with Gasteiger partial charge in [-0.2, -0.15) is 0 Å². The fourth-order valence-corrected chi connectivity index (χ4v) is 2.15. The van der Waals surface area contributed by atoms with E-state index < -0.39 is 18.5 Å². The van der Waals surface area contributed by atoms with Crippen molar-refractivity contribution in [2.24, 2.45) is 0 Å². The first-order valence-electron chi connectivity index (χ1n) is 7.84. The van der Waals surface area contributed by atoms with Crippen LogP contribution in [-0.2, 0) is 14.3 Å². The van der Waals surface area contributed by atoms with Crippen molar-refractivity contribution in [2.75, 3.05) is 33.3 Å². The molecule has 27 heavy (non-hydrogen) atoms. The van der Waals surface area contributed by atoms with Gasteiger partial charge in [-0.15, -0.1) is 0 Å². The highest BCUT2D eigenvalue weighted by molar-refractivity contribution is 5.94. The predicted octanol–water partition coefficient (Wildman–Crippen LogP) is 2.20. The fourth-order valence-electron chi connectivity index (χ4n) is 2.15.